The van der Waals surface area contributed by atoms with E-state index in [0.717, 1.165) is 19.5 Å². The van der Waals surface area contributed by atoms with E-state index in [9.17, 15) is 0 Å². The minimum Gasteiger partial charge on any atom is -0.364 e. The van der Waals surface area contributed by atoms with Crippen molar-refractivity contribution in [3.8, 4) is 0 Å². The Morgan fingerprint density at radius 2 is 1.70 bits per heavy atom. The highest BCUT2D eigenvalue weighted by Gasteiger charge is 2.39. The number of hydrogen-bond donors (Lipinski definition) is 1. The minimum atomic E-state index is 0.120. The summed E-state index contributed by atoms with van der Waals surface area (Å²) >= 11 is 0. The number of fused-ring (bicyclic) bond motifs is 1. The first-order chi connectivity index (χ1) is 9.48. The van der Waals surface area contributed by atoms with E-state index in [1.165, 1.54) is 24.1 Å². The summed E-state index contributed by atoms with van der Waals surface area (Å²) < 4.78 is 0. The minimum absolute atomic E-state index is 0.120. The lowest BCUT2D eigenvalue weighted by molar-refractivity contribution is 0.274. The van der Waals surface area contributed by atoms with Gasteiger partial charge in [-0.15, -0.1) is 0 Å². The molecule has 0 saturated carbocycles. The molecule has 0 aliphatic carbocycles. The number of anilines is 1. The van der Waals surface area contributed by atoms with E-state index in [1.54, 1.807) is 0 Å². The Kier molecular flexibility index (Phi) is 4.74. The van der Waals surface area contributed by atoms with E-state index in [0.29, 0.717) is 11.8 Å². The summed E-state index contributed by atoms with van der Waals surface area (Å²) in [7, 11) is 0. The number of rotatable bonds is 6. The second-order valence-corrected chi connectivity index (χ2v) is 7.15. The fourth-order valence-electron chi connectivity index (χ4n) is 3.93. The monoisotopic (exact) mass is 274 g/mol. The van der Waals surface area contributed by atoms with Crippen LogP contribution in [0.2, 0.25) is 0 Å². The van der Waals surface area contributed by atoms with Crippen LogP contribution in [-0.2, 0) is 6.42 Å². The average Bonchev–Trinajstić information content (AvgIpc) is 2.81. The molecule has 0 saturated heterocycles. The fourth-order valence-corrected chi connectivity index (χ4v) is 3.93. The largest absolute Gasteiger partial charge is 0.364 e. The maximum atomic E-state index is 6.30. The second-order valence-electron chi connectivity index (χ2n) is 7.15. The number of benzene rings is 1. The molecule has 1 aliphatic heterocycles. The first-order valence-corrected chi connectivity index (χ1v) is 8.04. The van der Waals surface area contributed by atoms with Crippen molar-refractivity contribution in [3.05, 3.63) is 29.8 Å². The molecule has 0 atom stereocenters. The lowest BCUT2D eigenvalue weighted by Gasteiger charge is -2.45. The second kappa shape index (κ2) is 6.17. The third-order valence-electron chi connectivity index (χ3n) is 4.42. The topological polar surface area (TPSA) is 29.3 Å². The Morgan fingerprint density at radius 3 is 2.25 bits per heavy atom. The molecule has 20 heavy (non-hydrogen) atoms. The van der Waals surface area contributed by atoms with Gasteiger partial charge in [-0.1, -0.05) is 45.9 Å². The summed E-state index contributed by atoms with van der Waals surface area (Å²) in [5, 5.41) is 0. The highest BCUT2D eigenvalue weighted by molar-refractivity contribution is 5.60. The molecule has 2 nitrogen and oxygen atoms in total. The Labute approximate surface area is 124 Å². The van der Waals surface area contributed by atoms with Crippen molar-refractivity contribution in [1.29, 1.82) is 0 Å². The quantitative estimate of drug-likeness (QED) is 0.854. The Bertz CT molecular complexity index is 427. The molecule has 0 spiro atoms. The van der Waals surface area contributed by atoms with Gasteiger partial charge in [0.2, 0.25) is 0 Å². The predicted octanol–water partition coefficient (Wildman–Crippen LogP) is 3.84. The van der Waals surface area contributed by atoms with Gasteiger partial charge in [-0.2, -0.15) is 0 Å². The molecule has 0 unspecified atom stereocenters. The highest BCUT2D eigenvalue weighted by atomic mass is 15.2. The first kappa shape index (κ1) is 15.4. The SMILES string of the molecule is CC(C)CC(CN)(CC(C)C)N1CCc2ccccc21. The van der Waals surface area contributed by atoms with Gasteiger partial charge in [-0.3, -0.25) is 0 Å². The highest BCUT2D eigenvalue weighted by Crippen LogP contribution is 2.39. The number of nitrogens with zero attached hydrogens (tertiary/aromatic N) is 1. The molecule has 1 aliphatic rings. The number of para-hydroxylation sites is 1. The van der Waals surface area contributed by atoms with Crippen LogP contribution in [0.4, 0.5) is 5.69 Å². The standard InChI is InChI=1S/C18H30N2/c1-14(2)11-18(13-19,12-15(3)4)20-10-9-16-7-5-6-8-17(16)20/h5-8,14-15H,9-13,19H2,1-4H3. The van der Waals surface area contributed by atoms with Gasteiger partial charge in [0, 0.05) is 18.8 Å². The number of nitrogens with two attached hydrogens (primary N) is 1. The normalized spacial score (nSPS) is 15.2. The van der Waals surface area contributed by atoms with Gasteiger partial charge in [-0.25, -0.2) is 0 Å². The van der Waals surface area contributed by atoms with Crippen molar-refractivity contribution < 1.29 is 0 Å². The molecule has 0 amide bonds. The van der Waals surface area contributed by atoms with Crippen LogP contribution in [0.1, 0.15) is 46.1 Å². The smallest absolute Gasteiger partial charge is 0.0529 e. The lowest BCUT2D eigenvalue weighted by atomic mass is 9.80. The molecule has 2 N–H and O–H groups in total. The average molecular weight is 274 g/mol. The molecule has 1 aromatic rings. The summed E-state index contributed by atoms with van der Waals surface area (Å²) in [5.41, 5.74) is 9.32. The van der Waals surface area contributed by atoms with Crippen molar-refractivity contribution in [2.45, 2.75) is 52.5 Å². The van der Waals surface area contributed by atoms with Gasteiger partial charge < -0.3 is 10.6 Å². The van der Waals surface area contributed by atoms with Crippen LogP contribution in [0, 0.1) is 11.8 Å². The van der Waals surface area contributed by atoms with E-state index >= 15 is 0 Å². The third-order valence-corrected chi connectivity index (χ3v) is 4.42. The molecule has 0 radical (unpaired) electrons. The maximum absolute atomic E-state index is 6.30. The molecule has 1 heterocycles. The molecule has 0 bridgehead atoms. The molecule has 0 aromatic heterocycles. The van der Waals surface area contributed by atoms with Gasteiger partial charge in [-0.05, 0) is 42.7 Å². The van der Waals surface area contributed by atoms with Crippen molar-refractivity contribution in [2.24, 2.45) is 17.6 Å². The maximum Gasteiger partial charge on any atom is 0.0529 e. The summed E-state index contributed by atoms with van der Waals surface area (Å²) in [4.78, 5) is 2.61. The van der Waals surface area contributed by atoms with Crippen LogP contribution < -0.4 is 10.6 Å². The van der Waals surface area contributed by atoms with Crippen molar-refractivity contribution in [3.63, 3.8) is 0 Å². The van der Waals surface area contributed by atoms with Crippen molar-refractivity contribution >= 4 is 5.69 Å². The van der Waals surface area contributed by atoms with E-state index in [1.807, 2.05) is 0 Å². The van der Waals surface area contributed by atoms with Gasteiger partial charge >= 0.3 is 0 Å². The van der Waals surface area contributed by atoms with Gasteiger partial charge in [0.1, 0.15) is 0 Å². The van der Waals surface area contributed by atoms with E-state index in [-0.39, 0.29) is 5.54 Å². The van der Waals surface area contributed by atoms with Crippen LogP contribution in [0.15, 0.2) is 24.3 Å². The summed E-state index contributed by atoms with van der Waals surface area (Å²) in [5.74, 6) is 1.34. The predicted molar refractivity (Wildman–Crippen MR) is 88.2 cm³/mol. The number of hydrogen-bond acceptors (Lipinski definition) is 2. The van der Waals surface area contributed by atoms with Crippen LogP contribution in [0.3, 0.4) is 0 Å². The lowest BCUT2D eigenvalue weighted by Crippen LogP contribution is -2.55. The molecular formula is C18H30N2. The summed E-state index contributed by atoms with van der Waals surface area (Å²) in [6.45, 7) is 11.1. The summed E-state index contributed by atoms with van der Waals surface area (Å²) in [6.07, 6.45) is 3.51. The zero-order chi connectivity index (χ0) is 14.8. The zero-order valence-corrected chi connectivity index (χ0v) is 13.5. The van der Waals surface area contributed by atoms with Crippen LogP contribution in [0.5, 0.6) is 0 Å². The van der Waals surface area contributed by atoms with E-state index in [2.05, 4.69) is 56.9 Å². The molecule has 2 heteroatoms. The molecule has 112 valence electrons. The zero-order valence-electron chi connectivity index (χ0n) is 13.5. The van der Waals surface area contributed by atoms with Crippen LogP contribution >= 0.6 is 0 Å². The van der Waals surface area contributed by atoms with E-state index < -0.39 is 0 Å². The Hall–Kier alpha value is -1.02. The molecule has 1 aromatic carbocycles. The Morgan fingerprint density at radius 1 is 1.10 bits per heavy atom. The molecule has 2 rings (SSSR count). The van der Waals surface area contributed by atoms with Crippen LogP contribution in [0.25, 0.3) is 0 Å². The van der Waals surface area contributed by atoms with Gasteiger partial charge in [0.25, 0.3) is 0 Å². The molecular weight excluding hydrogens is 244 g/mol. The Balaban J connectivity index is 2.36. The first-order valence-electron chi connectivity index (χ1n) is 8.04. The fraction of sp³-hybridized carbons (Fsp3) is 0.667. The van der Waals surface area contributed by atoms with Crippen molar-refractivity contribution in [2.75, 3.05) is 18.0 Å². The summed E-state index contributed by atoms with van der Waals surface area (Å²) in [6, 6.07) is 8.84. The van der Waals surface area contributed by atoms with Crippen LogP contribution in [-0.4, -0.2) is 18.6 Å². The van der Waals surface area contributed by atoms with Gasteiger partial charge in [0.15, 0.2) is 0 Å². The van der Waals surface area contributed by atoms with Crippen molar-refractivity contribution in [1.82, 2.24) is 0 Å². The third kappa shape index (κ3) is 3.01. The van der Waals surface area contributed by atoms with E-state index in [4.69, 9.17) is 5.73 Å². The molecule has 0 fully saturated rings. The van der Waals surface area contributed by atoms with Gasteiger partial charge in [0.05, 0.1) is 5.54 Å².